The molecule has 1 heterocycles. The van der Waals surface area contributed by atoms with E-state index in [1.165, 1.54) is 0 Å². The van der Waals surface area contributed by atoms with Gasteiger partial charge >= 0.3 is 5.97 Å². The van der Waals surface area contributed by atoms with E-state index in [-0.39, 0.29) is 5.25 Å². The predicted octanol–water partition coefficient (Wildman–Crippen LogP) is 2.46. The molecule has 1 aliphatic heterocycles. The molecule has 1 saturated heterocycles. The summed E-state index contributed by atoms with van der Waals surface area (Å²) in [6, 6.07) is 7.34. The summed E-state index contributed by atoms with van der Waals surface area (Å²) in [6.45, 7) is 1.96. The molecule has 1 aliphatic rings. The van der Waals surface area contributed by atoms with Crippen molar-refractivity contribution in [3.05, 3.63) is 24.3 Å². The zero-order valence-corrected chi connectivity index (χ0v) is 11.3. The molecule has 0 aromatic heterocycles. The van der Waals surface area contributed by atoms with Gasteiger partial charge in [-0.05, 0) is 36.4 Å². The van der Waals surface area contributed by atoms with Crippen molar-refractivity contribution in [2.24, 2.45) is 0 Å². The van der Waals surface area contributed by atoms with Gasteiger partial charge in [-0.1, -0.05) is 6.92 Å². The molecule has 0 amide bonds. The van der Waals surface area contributed by atoms with E-state index in [1.807, 2.05) is 31.2 Å². The van der Waals surface area contributed by atoms with Crippen LogP contribution in [0.3, 0.4) is 0 Å². The van der Waals surface area contributed by atoms with Crippen molar-refractivity contribution in [1.82, 2.24) is 0 Å². The minimum Gasteiger partial charge on any atom is -0.497 e. The van der Waals surface area contributed by atoms with E-state index in [0.717, 1.165) is 17.2 Å². The van der Waals surface area contributed by atoms with Gasteiger partial charge in [-0.25, -0.2) is 4.79 Å². The number of hydrogen-bond acceptors (Lipinski definition) is 4. The highest BCUT2D eigenvalue weighted by atomic mass is 32.2. The molecule has 5 heteroatoms. The Labute approximate surface area is 111 Å². The number of thioether (sulfide) groups is 1. The van der Waals surface area contributed by atoms with E-state index in [2.05, 4.69) is 5.32 Å². The number of anilines is 1. The van der Waals surface area contributed by atoms with Gasteiger partial charge in [-0.3, -0.25) is 0 Å². The normalized spacial score (nSPS) is 26.9. The Morgan fingerprint density at radius 2 is 2.17 bits per heavy atom. The molecule has 98 valence electrons. The Hall–Kier alpha value is -1.36. The van der Waals surface area contributed by atoms with Crippen LogP contribution in [0.1, 0.15) is 13.3 Å². The molecule has 0 aliphatic carbocycles. The van der Waals surface area contributed by atoms with Crippen molar-refractivity contribution in [2.75, 3.05) is 18.2 Å². The lowest BCUT2D eigenvalue weighted by Gasteiger charge is -2.30. The van der Waals surface area contributed by atoms with Crippen LogP contribution in [-0.4, -0.2) is 34.7 Å². The van der Waals surface area contributed by atoms with Gasteiger partial charge in [0.15, 0.2) is 0 Å². The molecule has 2 N–H and O–H groups in total. The first-order valence-electron chi connectivity index (χ1n) is 5.86. The highest BCUT2D eigenvalue weighted by Gasteiger charge is 2.47. The summed E-state index contributed by atoms with van der Waals surface area (Å²) in [7, 11) is 1.61. The predicted molar refractivity (Wildman–Crippen MR) is 73.5 cm³/mol. The number of hydrogen-bond donors (Lipinski definition) is 2. The van der Waals surface area contributed by atoms with E-state index < -0.39 is 11.5 Å². The van der Waals surface area contributed by atoms with Crippen molar-refractivity contribution < 1.29 is 14.6 Å². The highest BCUT2D eigenvalue weighted by molar-refractivity contribution is 8.00. The molecule has 1 aromatic carbocycles. The summed E-state index contributed by atoms with van der Waals surface area (Å²) in [5.74, 6) is 0.853. The fourth-order valence-electron chi connectivity index (χ4n) is 2.17. The zero-order chi connectivity index (χ0) is 13.2. The molecule has 1 aromatic rings. The largest absolute Gasteiger partial charge is 0.497 e. The van der Waals surface area contributed by atoms with Crippen LogP contribution in [0.2, 0.25) is 0 Å². The number of ether oxygens (including phenoxy) is 1. The van der Waals surface area contributed by atoms with E-state index in [0.29, 0.717) is 6.42 Å². The number of carboxylic acid groups (broad SMARTS) is 1. The number of methoxy groups -OCH3 is 1. The third kappa shape index (κ3) is 2.27. The van der Waals surface area contributed by atoms with Gasteiger partial charge in [0.2, 0.25) is 0 Å². The molecule has 4 nitrogen and oxygen atoms in total. The summed E-state index contributed by atoms with van der Waals surface area (Å²) in [6.07, 6.45) is 0.639. The Morgan fingerprint density at radius 3 is 2.61 bits per heavy atom. The number of benzene rings is 1. The summed E-state index contributed by atoms with van der Waals surface area (Å²) in [5.41, 5.74) is -0.0493. The Bertz CT molecular complexity index is 434. The number of carbonyl (C=O) groups is 1. The van der Waals surface area contributed by atoms with Crippen LogP contribution in [0.5, 0.6) is 5.75 Å². The van der Waals surface area contributed by atoms with Crippen LogP contribution in [0.25, 0.3) is 0 Å². The first-order valence-corrected chi connectivity index (χ1v) is 6.90. The molecular formula is C13H17NO3S. The monoisotopic (exact) mass is 267 g/mol. The molecule has 0 saturated carbocycles. The van der Waals surface area contributed by atoms with Crippen LogP contribution in [-0.2, 0) is 4.79 Å². The van der Waals surface area contributed by atoms with Crippen LogP contribution in [0.15, 0.2) is 24.3 Å². The van der Waals surface area contributed by atoms with Gasteiger partial charge in [-0.15, -0.1) is 0 Å². The van der Waals surface area contributed by atoms with Crippen LogP contribution < -0.4 is 10.1 Å². The number of aliphatic carboxylic acids is 1. The average Bonchev–Trinajstić information content (AvgIpc) is 2.73. The van der Waals surface area contributed by atoms with Gasteiger partial charge in [0.05, 0.1) is 7.11 Å². The SMILES string of the molecule is COc1ccc(NC2(C(=O)O)CCSC2C)cc1. The number of carboxylic acids is 1. The standard InChI is InChI=1S/C13H17NO3S/c1-9-13(12(15)16,7-8-18-9)14-10-3-5-11(17-2)6-4-10/h3-6,9,14H,7-8H2,1-2H3,(H,15,16). The fourth-order valence-corrected chi connectivity index (χ4v) is 3.53. The molecule has 2 unspecified atom stereocenters. The van der Waals surface area contributed by atoms with Crippen LogP contribution in [0.4, 0.5) is 5.69 Å². The molecule has 1 fully saturated rings. The molecule has 2 atom stereocenters. The quantitative estimate of drug-likeness (QED) is 0.877. The van der Waals surface area contributed by atoms with Crippen molar-refractivity contribution in [2.45, 2.75) is 24.1 Å². The molecular weight excluding hydrogens is 250 g/mol. The average molecular weight is 267 g/mol. The van der Waals surface area contributed by atoms with Gasteiger partial charge in [0.25, 0.3) is 0 Å². The lowest BCUT2D eigenvalue weighted by atomic mass is 9.92. The highest BCUT2D eigenvalue weighted by Crippen LogP contribution is 2.38. The second-order valence-electron chi connectivity index (χ2n) is 4.39. The first kappa shape index (κ1) is 13.1. The van der Waals surface area contributed by atoms with E-state index in [9.17, 15) is 9.90 Å². The number of nitrogens with one attached hydrogen (secondary N) is 1. The minimum atomic E-state index is -0.862. The molecule has 2 rings (SSSR count). The lowest BCUT2D eigenvalue weighted by Crippen LogP contribution is -2.50. The molecule has 18 heavy (non-hydrogen) atoms. The van der Waals surface area contributed by atoms with E-state index >= 15 is 0 Å². The smallest absolute Gasteiger partial charge is 0.330 e. The maximum Gasteiger partial charge on any atom is 0.330 e. The van der Waals surface area contributed by atoms with Gasteiger partial charge in [0.1, 0.15) is 11.3 Å². The molecule has 0 radical (unpaired) electrons. The van der Waals surface area contributed by atoms with Crippen molar-refractivity contribution in [3.8, 4) is 5.75 Å². The van der Waals surface area contributed by atoms with E-state index in [1.54, 1.807) is 18.9 Å². The number of rotatable bonds is 4. The van der Waals surface area contributed by atoms with Crippen molar-refractivity contribution in [3.63, 3.8) is 0 Å². The second kappa shape index (κ2) is 5.10. The maximum atomic E-state index is 11.6. The summed E-state index contributed by atoms with van der Waals surface area (Å²) >= 11 is 1.69. The third-order valence-electron chi connectivity index (χ3n) is 3.40. The third-order valence-corrected chi connectivity index (χ3v) is 4.74. The molecule has 0 spiro atoms. The summed E-state index contributed by atoms with van der Waals surface area (Å²) in [4.78, 5) is 11.6. The topological polar surface area (TPSA) is 58.6 Å². The van der Waals surface area contributed by atoms with Gasteiger partial charge in [-0.2, -0.15) is 11.8 Å². The van der Waals surface area contributed by atoms with Crippen molar-refractivity contribution >= 4 is 23.4 Å². The lowest BCUT2D eigenvalue weighted by molar-refractivity contribution is -0.142. The maximum absolute atomic E-state index is 11.6. The Morgan fingerprint density at radius 1 is 1.50 bits per heavy atom. The van der Waals surface area contributed by atoms with Crippen molar-refractivity contribution in [1.29, 1.82) is 0 Å². The fraction of sp³-hybridized carbons (Fsp3) is 0.462. The van der Waals surface area contributed by atoms with Crippen LogP contribution >= 0.6 is 11.8 Å². The second-order valence-corrected chi connectivity index (χ2v) is 5.84. The molecule has 0 bridgehead atoms. The van der Waals surface area contributed by atoms with Crippen LogP contribution in [0, 0.1) is 0 Å². The van der Waals surface area contributed by atoms with E-state index in [4.69, 9.17) is 4.74 Å². The Kier molecular flexibility index (Phi) is 3.71. The first-order chi connectivity index (χ1) is 8.58. The Balaban J connectivity index is 2.21. The summed E-state index contributed by atoms with van der Waals surface area (Å²) < 4.78 is 5.08. The zero-order valence-electron chi connectivity index (χ0n) is 10.5. The minimum absolute atomic E-state index is 0.0529. The van der Waals surface area contributed by atoms with Gasteiger partial charge in [0, 0.05) is 10.9 Å². The van der Waals surface area contributed by atoms with Gasteiger partial charge < -0.3 is 15.2 Å². The summed E-state index contributed by atoms with van der Waals surface area (Å²) in [5, 5.41) is 12.7.